The van der Waals surface area contributed by atoms with E-state index in [9.17, 15) is 4.79 Å². The number of thiocarbonyl (C=S) groups is 1. The Hall–Kier alpha value is -3.06. The van der Waals surface area contributed by atoms with Crippen molar-refractivity contribution in [1.82, 2.24) is 10.6 Å². The monoisotopic (exact) mass is 383 g/mol. The van der Waals surface area contributed by atoms with Crippen LogP contribution >= 0.6 is 12.2 Å². The quantitative estimate of drug-likeness (QED) is 0.689. The van der Waals surface area contributed by atoms with Crippen LogP contribution < -0.4 is 25.4 Å². The first kappa shape index (κ1) is 18.7. The zero-order chi connectivity index (χ0) is 19.4. The van der Waals surface area contributed by atoms with Crippen LogP contribution in [0.15, 0.2) is 59.8 Å². The first-order valence-corrected chi connectivity index (χ1v) is 8.80. The molecule has 0 spiro atoms. The summed E-state index contributed by atoms with van der Waals surface area (Å²) in [5, 5.41) is 9.60. The van der Waals surface area contributed by atoms with E-state index in [0.29, 0.717) is 33.6 Å². The van der Waals surface area contributed by atoms with Gasteiger partial charge in [-0.05, 0) is 49.0 Å². The maximum Gasteiger partial charge on any atom is 0.255 e. The molecule has 0 bridgehead atoms. The highest BCUT2D eigenvalue weighted by molar-refractivity contribution is 7.80. The number of hydrogen-bond acceptors (Lipinski definition) is 4. The molecule has 3 N–H and O–H groups in total. The van der Waals surface area contributed by atoms with Crippen molar-refractivity contribution in [1.29, 1.82) is 0 Å². The number of amides is 1. The van der Waals surface area contributed by atoms with E-state index in [-0.39, 0.29) is 11.9 Å². The molecule has 27 heavy (non-hydrogen) atoms. The third-order valence-electron chi connectivity index (χ3n) is 4.27. The van der Waals surface area contributed by atoms with Crippen LogP contribution in [0.25, 0.3) is 0 Å². The van der Waals surface area contributed by atoms with E-state index < -0.39 is 0 Å². The van der Waals surface area contributed by atoms with Crippen molar-refractivity contribution in [2.75, 3.05) is 19.5 Å². The third-order valence-corrected chi connectivity index (χ3v) is 4.49. The molecular formula is C20H21N3O3S. The van der Waals surface area contributed by atoms with E-state index >= 15 is 0 Å². The van der Waals surface area contributed by atoms with Gasteiger partial charge in [0.15, 0.2) is 5.11 Å². The summed E-state index contributed by atoms with van der Waals surface area (Å²) in [6.45, 7) is 1.83. The molecule has 1 aliphatic rings. The average molecular weight is 383 g/mol. The molecule has 6 nitrogen and oxygen atoms in total. The molecule has 0 saturated heterocycles. The van der Waals surface area contributed by atoms with E-state index in [0.717, 1.165) is 5.56 Å². The number of carbonyl (C=O) groups is 1. The van der Waals surface area contributed by atoms with Gasteiger partial charge in [-0.25, -0.2) is 0 Å². The summed E-state index contributed by atoms with van der Waals surface area (Å²) >= 11 is 5.29. The second-order valence-corrected chi connectivity index (χ2v) is 6.44. The maximum atomic E-state index is 13.1. The number of allylic oxidation sites excluding steroid dienone is 1. The molecule has 0 unspecified atom stereocenters. The van der Waals surface area contributed by atoms with Gasteiger partial charge in [0.1, 0.15) is 11.5 Å². The summed E-state index contributed by atoms with van der Waals surface area (Å²) in [5.41, 5.74) is 2.79. The van der Waals surface area contributed by atoms with Crippen LogP contribution in [0.4, 0.5) is 5.69 Å². The fourth-order valence-electron chi connectivity index (χ4n) is 2.97. The number of anilines is 1. The molecule has 140 valence electrons. The van der Waals surface area contributed by atoms with Crippen LogP contribution in [0.3, 0.4) is 0 Å². The molecule has 0 aromatic heterocycles. The van der Waals surface area contributed by atoms with E-state index in [2.05, 4.69) is 16.0 Å². The first-order chi connectivity index (χ1) is 13.0. The fraction of sp³-hybridized carbons (Fsp3) is 0.200. The highest BCUT2D eigenvalue weighted by Gasteiger charge is 2.30. The van der Waals surface area contributed by atoms with Crippen molar-refractivity contribution < 1.29 is 14.3 Å². The highest BCUT2D eigenvalue weighted by atomic mass is 32.1. The molecular weight excluding hydrogens is 362 g/mol. The molecule has 0 saturated carbocycles. The van der Waals surface area contributed by atoms with Gasteiger partial charge in [-0.15, -0.1) is 0 Å². The van der Waals surface area contributed by atoms with Crippen LogP contribution in [-0.2, 0) is 4.79 Å². The Morgan fingerprint density at radius 1 is 1.07 bits per heavy atom. The van der Waals surface area contributed by atoms with Gasteiger partial charge in [0, 0.05) is 17.5 Å². The Balaban J connectivity index is 1.94. The van der Waals surface area contributed by atoms with Crippen LogP contribution in [0.5, 0.6) is 11.5 Å². The molecule has 3 rings (SSSR count). The van der Waals surface area contributed by atoms with Gasteiger partial charge < -0.3 is 25.4 Å². The standard InChI is InChI=1S/C20H21N3O3S/c1-12-17(19(24)22-14-7-5-9-16(11-14)26-3)18(23-20(27)21-12)13-6-4-8-15(10-13)25-2/h4-11,18H,1-3H3,(H,22,24)(H2,21,23,27)/t18-/m0/s1. The van der Waals surface area contributed by atoms with Crippen molar-refractivity contribution in [3.8, 4) is 11.5 Å². The van der Waals surface area contributed by atoms with E-state index in [4.69, 9.17) is 21.7 Å². The lowest BCUT2D eigenvalue weighted by Crippen LogP contribution is -2.45. The molecule has 0 fully saturated rings. The van der Waals surface area contributed by atoms with Crippen molar-refractivity contribution in [3.05, 3.63) is 65.4 Å². The number of hydrogen-bond donors (Lipinski definition) is 3. The van der Waals surface area contributed by atoms with E-state index in [1.807, 2.05) is 49.4 Å². The van der Waals surface area contributed by atoms with Crippen molar-refractivity contribution in [2.24, 2.45) is 0 Å². The zero-order valence-corrected chi connectivity index (χ0v) is 16.1. The second-order valence-electron chi connectivity index (χ2n) is 6.03. The summed E-state index contributed by atoms with van der Waals surface area (Å²) in [4.78, 5) is 13.1. The molecule has 0 aliphatic carbocycles. The minimum Gasteiger partial charge on any atom is -0.497 e. The van der Waals surface area contributed by atoms with Gasteiger partial charge in [0.2, 0.25) is 0 Å². The lowest BCUT2D eigenvalue weighted by atomic mass is 9.94. The fourth-order valence-corrected chi connectivity index (χ4v) is 3.24. The Kier molecular flexibility index (Phi) is 5.61. The van der Waals surface area contributed by atoms with E-state index in [1.165, 1.54) is 0 Å². The van der Waals surface area contributed by atoms with Crippen LogP contribution in [0.1, 0.15) is 18.5 Å². The zero-order valence-electron chi connectivity index (χ0n) is 15.3. The topological polar surface area (TPSA) is 71.6 Å². The number of rotatable bonds is 5. The molecule has 1 atom stereocenters. The van der Waals surface area contributed by atoms with Crippen LogP contribution in [0, 0.1) is 0 Å². The minimum atomic E-state index is -0.389. The van der Waals surface area contributed by atoms with Crippen molar-refractivity contribution >= 4 is 28.9 Å². The summed E-state index contributed by atoms with van der Waals surface area (Å²) in [7, 11) is 3.19. The third kappa shape index (κ3) is 4.20. The summed E-state index contributed by atoms with van der Waals surface area (Å²) in [5.74, 6) is 1.16. The predicted octanol–water partition coefficient (Wildman–Crippen LogP) is 3.14. The first-order valence-electron chi connectivity index (χ1n) is 8.39. The number of ether oxygens (including phenoxy) is 2. The summed E-state index contributed by atoms with van der Waals surface area (Å²) < 4.78 is 10.5. The number of nitrogens with one attached hydrogen (secondary N) is 3. The van der Waals surface area contributed by atoms with Crippen molar-refractivity contribution in [2.45, 2.75) is 13.0 Å². The summed E-state index contributed by atoms with van der Waals surface area (Å²) in [6.07, 6.45) is 0. The molecule has 1 amide bonds. The van der Waals surface area contributed by atoms with Gasteiger partial charge >= 0.3 is 0 Å². The number of methoxy groups -OCH3 is 2. The minimum absolute atomic E-state index is 0.226. The Morgan fingerprint density at radius 2 is 1.74 bits per heavy atom. The second kappa shape index (κ2) is 8.09. The summed E-state index contributed by atoms with van der Waals surface area (Å²) in [6, 6.07) is 14.4. The van der Waals surface area contributed by atoms with Crippen LogP contribution in [-0.4, -0.2) is 25.2 Å². The molecule has 1 aliphatic heterocycles. The van der Waals surface area contributed by atoms with Gasteiger partial charge in [-0.2, -0.15) is 0 Å². The van der Waals surface area contributed by atoms with Gasteiger partial charge in [-0.1, -0.05) is 18.2 Å². The Morgan fingerprint density at radius 3 is 2.44 bits per heavy atom. The largest absolute Gasteiger partial charge is 0.497 e. The van der Waals surface area contributed by atoms with Crippen molar-refractivity contribution in [3.63, 3.8) is 0 Å². The van der Waals surface area contributed by atoms with Crippen LogP contribution in [0.2, 0.25) is 0 Å². The Bertz CT molecular complexity index is 911. The molecule has 0 radical (unpaired) electrons. The SMILES string of the molecule is COc1cccc(NC(=O)C2=C(C)NC(=S)N[C@H]2c2cccc(OC)c2)c1. The Labute approximate surface area is 163 Å². The van der Waals surface area contributed by atoms with Gasteiger partial charge in [0.25, 0.3) is 5.91 Å². The smallest absolute Gasteiger partial charge is 0.255 e. The van der Waals surface area contributed by atoms with Gasteiger partial charge in [-0.3, -0.25) is 4.79 Å². The lowest BCUT2D eigenvalue weighted by molar-refractivity contribution is -0.113. The maximum absolute atomic E-state index is 13.1. The average Bonchev–Trinajstić information content (AvgIpc) is 2.67. The lowest BCUT2D eigenvalue weighted by Gasteiger charge is -2.30. The normalized spacial score (nSPS) is 16.3. The number of benzene rings is 2. The van der Waals surface area contributed by atoms with E-state index in [1.54, 1.807) is 20.3 Å². The number of carbonyl (C=O) groups excluding carboxylic acids is 1. The van der Waals surface area contributed by atoms with Gasteiger partial charge in [0.05, 0.1) is 25.8 Å². The molecule has 1 heterocycles. The predicted molar refractivity (Wildman–Crippen MR) is 109 cm³/mol. The molecule has 2 aromatic carbocycles. The molecule has 2 aromatic rings. The highest BCUT2D eigenvalue weighted by Crippen LogP contribution is 2.30. The molecule has 7 heteroatoms.